The number of nitrogens with two attached hydrogens (primary N) is 1. The van der Waals surface area contributed by atoms with Gasteiger partial charge in [0, 0.05) is 5.54 Å². The smallest absolute Gasteiger partial charge is 0.0162 e. The summed E-state index contributed by atoms with van der Waals surface area (Å²) in [5.41, 5.74) is 6.86. The Morgan fingerprint density at radius 2 is 1.90 bits per heavy atom. The van der Waals surface area contributed by atoms with E-state index in [1.807, 2.05) is 0 Å². The van der Waals surface area contributed by atoms with E-state index in [4.69, 9.17) is 5.73 Å². The highest BCUT2D eigenvalue weighted by Crippen LogP contribution is 2.65. The third-order valence-corrected chi connectivity index (χ3v) is 3.95. The molecule has 0 saturated heterocycles. The quantitative estimate of drug-likeness (QED) is 0.544. The van der Waals surface area contributed by atoms with Crippen LogP contribution in [0.25, 0.3) is 0 Å². The monoisotopic (exact) mass is 139 g/mol. The van der Waals surface area contributed by atoms with Gasteiger partial charge in [0.1, 0.15) is 0 Å². The molecule has 0 radical (unpaired) electrons. The standard InChI is InChI=1S/C9H17N/c1-8(2)6-4-7(8)9(3,10)5-6/h6-7H,4-5,10H2,1-3H3. The summed E-state index contributed by atoms with van der Waals surface area (Å²) in [4.78, 5) is 0. The summed E-state index contributed by atoms with van der Waals surface area (Å²) in [5.74, 6) is 1.72. The van der Waals surface area contributed by atoms with Crippen molar-refractivity contribution >= 4 is 0 Å². The maximum atomic E-state index is 6.14. The lowest BCUT2D eigenvalue weighted by atomic mass is 9.59. The molecule has 3 aliphatic rings. The van der Waals surface area contributed by atoms with Crippen molar-refractivity contribution in [2.45, 2.75) is 39.2 Å². The first-order chi connectivity index (χ1) is 4.44. The minimum Gasteiger partial charge on any atom is -0.325 e. The first-order valence-electron chi connectivity index (χ1n) is 4.23. The Kier molecular flexibility index (Phi) is 0.949. The zero-order valence-electron chi connectivity index (χ0n) is 7.15. The van der Waals surface area contributed by atoms with Gasteiger partial charge in [0.25, 0.3) is 0 Å². The van der Waals surface area contributed by atoms with Crippen LogP contribution in [0.1, 0.15) is 33.6 Å². The van der Waals surface area contributed by atoms with Gasteiger partial charge in [0.2, 0.25) is 0 Å². The molecule has 1 heteroatoms. The molecule has 0 spiro atoms. The SMILES string of the molecule is CC1(N)CC2CC1C2(C)C. The van der Waals surface area contributed by atoms with Crippen molar-refractivity contribution in [2.75, 3.05) is 0 Å². The second kappa shape index (κ2) is 1.42. The summed E-state index contributed by atoms with van der Waals surface area (Å²) in [6.45, 7) is 6.94. The first kappa shape index (κ1) is 6.66. The van der Waals surface area contributed by atoms with Gasteiger partial charge < -0.3 is 5.73 Å². The summed E-state index contributed by atoms with van der Waals surface area (Å²) in [6.07, 6.45) is 2.64. The van der Waals surface area contributed by atoms with Gasteiger partial charge in [0.05, 0.1) is 0 Å². The van der Waals surface area contributed by atoms with E-state index in [2.05, 4.69) is 20.8 Å². The molecule has 0 aliphatic heterocycles. The summed E-state index contributed by atoms with van der Waals surface area (Å²) >= 11 is 0. The van der Waals surface area contributed by atoms with Crippen molar-refractivity contribution in [1.82, 2.24) is 0 Å². The van der Waals surface area contributed by atoms with Crippen molar-refractivity contribution in [3.8, 4) is 0 Å². The number of hydrogen-bond donors (Lipinski definition) is 1. The predicted molar refractivity (Wildman–Crippen MR) is 42.6 cm³/mol. The first-order valence-corrected chi connectivity index (χ1v) is 4.23. The molecule has 3 aliphatic carbocycles. The number of fused-ring (bicyclic) bond motifs is 1. The van der Waals surface area contributed by atoms with Crippen LogP contribution in [0, 0.1) is 17.3 Å². The third-order valence-electron chi connectivity index (χ3n) is 3.95. The molecule has 0 aromatic heterocycles. The molecule has 3 saturated carbocycles. The molecule has 3 atom stereocenters. The third kappa shape index (κ3) is 0.531. The Bertz CT molecular complexity index is 162. The molecule has 3 rings (SSSR count). The zero-order chi connectivity index (χ0) is 7.57. The van der Waals surface area contributed by atoms with Crippen LogP contribution in [-0.2, 0) is 0 Å². The van der Waals surface area contributed by atoms with E-state index in [-0.39, 0.29) is 5.54 Å². The molecule has 0 aromatic rings. The topological polar surface area (TPSA) is 26.0 Å². The molecule has 0 amide bonds. The van der Waals surface area contributed by atoms with Crippen molar-refractivity contribution in [2.24, 2.45) is 23.0 Å². The van der Waals surface area contributed by atoms with E-state index >= 15 is 0 Å². The largest absolute Gasteiger partial charge is 0.325 e. The van der Waals surface area contributed by atoms with Gasteiger partial charge >= 0.3 is 0 Å². The van der Waals surface area contributed by atoms with Crippen molar-refractivity contribution in [1.29, 1.82) is 0 Å². The Balaban J connectivity index is 2.28. The van der Waals surface area contributed by atoms with Crippen LogP contribution in [0.4, 0.5) is 0 Å². The van der Waals surface area contributed by atoms with E-state index in [1.165, 1.54) is 12.8 Å². The molecule has 10 heavy (non-hydrogen) atoms. The molecular formula is C9H17N. The molecule has 1 nitrogen and oxygen atoms in total. The number of rotatable bonds is 0. The van der Waals surface area contributed by atoms with Crippen LogP contribution in [0.5, 0.6) is 0 Å². The molecule has 58 valence electrons. The van der Waals surface area contributed by atoms with Crippen molar-refractivity contribution < 1.29 is 0 Å². The zero-order valence-corrected chi connectivity index (χ0v) is 7.15. The molecule has 3 fully saturated rings. The van der Waals surface area contributed by atoms with Gasteiger partial charge in [-0.3, -0.25) is 0 Å². The molecule has 0 heterocycles. The van der Waals surface area contributed by atoms with E-state index in [0.29, 0.717) is 5.41 Å². The van der Waals surface area contributed by atoms with Crippen LogP contribution in [0.15, 0.2) is 0 Å². The summed E-state index contributed by atoms with van der Waals surface area (Å²) in [6, 6.07) is 0. The van der Waals surface area contributed by atoms with Gasteiger partial charge in [-0.2, -0.15) is 0 Å². The Labute approximate surface area is 63.0 Å². The van der Waals surface area contributed by atoms with E-state index < -0.39 is 0 Å². The highest BCUT2D eigenvalue weighted by Gasteiger charge is 2.62. The average molecular weight is 139 g/mol. The second-order valence-corrected chi connectivity index (χ2v) is 5.02. The molecule has 2 bridgehead atoms. The fraction of sp³-hybridized carbons (Fsp3) is 1.00. The average Bonchev–Trinajstić information content (AvgIpc) is 2.15. The Hall–Kier alpha value is -0.0400. The van der Waals surface area contributed by atoms with Crippen molar-refractivity contribution in [3.63, 3.8) is 0 Å². The minimum absolute atomic E-state index is 0.161. The van der Waals surface area contributed by atoms with Crippen LogP contribution >= 0.6 is 0 Å². The summed E-state index contributed by atoms with van der Waals surface area (Å²) < 4.78 is 0. The van der Waals surface area contributed by atoms with Crippen LogP contribution < -0.4 is 5.73 Å². The van der Waals surface area contributed by atoms with Crippen LogP contribution in [0.3, 0.4) is 0 Å². The lowest BCUT2D eigenvalue weighted by Crippen LogP contribution is -2.47. The van der Waals surface area contributed by atoms with Crippen LogP contribution in [0.2, 0.25) is 0 Å². The lowest BCUT2D eigenvalue weighted by Gasteiger charge is -2.46. The fourth-order valence-corrected chi connectivity index (χ4v) is 3.15. The molecule has 3 unspecified atom stereocenters. The van der Waals surface area contributed by atoms with E-state index in [0.717, 1.165) is 11.8 Å². The van der Waals surface area contributed by atoms with Gasteiger partial charge in [-0.25, -0.2) is 0 Å². The van der Waals surface area contributed by atoms with E-state index in [9.17, 15) is 0 Å². The fourth-order valence-electron chi connectivity index (χ4n) is 3.15. The van der Waals surface area contributed by atoms with Gasteiger partial charge in [0.15, 0.2) is 0 Å². The molecular weight excluding hydrogens is 122 g/mol. The minimum atomic E-state index is 0.161. The highest BCUT2D eigenvalue weighted by atomic mass is 14.9. The molecule has 0 aromatic carbocycles. The normalized spacial score (nSPS) is 56.4. The van der Waals surface area contributed by atoms with E-state index in [1.54, 1.807) is 0 Å². The summed E-state index contributed by atoms with van der Waals surface area (Å²) in [5, 5.41) is 0. The van der Waals surface area contributed by atoms with Gasteiger partial charge in [-0.1, -0.05) is 13.8 Å². The Morgan fingerprint density at radius 1 is 1.30 bits per heavy atom. The predicted octanol–water partition coefficient (Wildman–Crippen LogP) is 1.77. The van der Waals surface area contributed by atoms with Gasteiger partial charge in [-0.05, 0) is 37.0 Å². The lowest BCUT2D eigenvalue weighted by molar-refractivity contribution is 0.0353. The maximum absolute atomic E-state index is 6.14. The van der Waals surface area contributed by atoms with Crippen LogP contribution in [-0.4, -0.2) is 5.54 Å². The maximum Gasteiger partial charge on any atom is 0.0162 e. The number of hydrogen-bond acceptors (Lipinski definition) is 1. The highest BCUT2D eigenvalue weighted by molar-refractivity contribution is 5.15. The Morgan fingerprint density at radius 3 is 2.00 bits per heavy atom. The summed E-state index contributed by atoms with van der Waals surface area (Å²) in [7, 11) is 0. The second-order valence-electron chi connectivity index (χ2n) is 5.02. The van der Waals surface area contributed by atoms with Crippen molar-refractivity contribution in [3.05, 3.63) is 0 Å². The molecule has 2 N–H and O–H groups in total. The van der Waals surface area contributed by atoms with Gasteiger partial charge in [-0.15, -0.1) is 0 Å².